The van der Waals surface area contributed by atoms with Crippen molar-refractivity contribution < 1.29 is 23.9 Å². The molecule has 1 aliphatic heterocycles. The maximum atomic E-state index is 13.0. The summed E-state index contributed by atoms with van der Waals surface area (Å²) in [6, 6.07) is 9.64. The van der Waals surface area contributed by atoms with Gasteiger partial charge in [-0.05, 0) is 24.3 Å². The van der Waals surface area contributed by atoms with Gasteiger partial charge in [0, 0.05) is 43.5 Å². The molecule has 0 spiro atoms. The van der Waals surface area contributed by atoms with Gasteiger partial charge in [0.05, 0.1) is 32.4 Å². The third-order valence-electron chi connectivity index (χ3n) is 4.83. The van der Waals surface area contributed by atoms with Crippen LogP contribution in [0, 0.1) is 10.1 Å². The molecule has 154 valence electrons. The summed E-state index contributed by atoms with van der Waals surface area (Å²) in [5, 5.41) is 11.6. The summed E-state index contributed by atoms with van der Waals surface area (Å²) in [5.74, 6) is 0.662. The zero-order chi connectivity index (χ0) is 21.0. The van der Waals surface area contributed by atoms with Gasteiger partial charge in [-0.15, -0.1) is 0 Å². The van der Waals surface area contributed by atoms with E-state index in [1.807, 2.05) is 4.90 Å². The van der Waals surface area contributed by atoms with E-state index in [4.69, 9.17) is 14.2 Å². The molecule has 0 atom stereocenters. The number of nitro benzene ring substituents is 1. The minimum atomic E-state index is -0.460. The Bertz CT molecular complexity index is 911. The summed E-state index contributed by atoms with van der Waals surface area (Å²) in [6.07, 6.45) is 0. The highest BCUT2D eigenvalue weighted by atomic mass is 16.6. The molecule has 1 heterocycles. The smallest absolute Gasteiger partial charge is 0.293 e. The van der Waals surface area contributed by atoms with Gasteiger partial charge >= 0.3 is 0 Å². The lowest BCUT2D eigenvalue weighted by Crippen LogP contribution is -2.36. The van der Waals surface area contributed by atoms with Crippen LogP contribution in [-0.4, -0.2) is 58.4 Å². The van der Waals surface area contributed by atoms with Gasteiger partial charge in [-0.3, -0.25) is 14.9 Å². The van der Waals surface area contributed by atoms with E-state index >= 15 is 0 Å². The molecule has 2 aromatic carbocycles. The van der Waals surface area contributed by atoms with Crippen molar-refractivity contribution in [3.63, 3.8) is 0 Å². The van der Waals surface area contributed by atoms with Crippen molar-refractivity contribution in [1.29, 1.82) is 0 Å². The predicted octanol–water partition coefficient (Wildman–Crippen LogP) is 2.73. The largest absolute Gasteiger partial charge is 0.493 e. The fraction of sp³-hybridized carbons (Fsp3) is 0.350. The first kappa shape index (κ1) is 20.4. The second-order valence-electron chi connectivity index (χ2n) is 6.46. The highest BCUT2D eigenvalue weighted by Gasteiger charge is 2.25. The van der Waals surface area contributed by atoms with E-state index in [1.54, 1.807) is 37.4 Å². The summed E-state index contributed by atoms with van der Waals surface area (Å²) in [4.78, 5) is 27.4. The third-order valence-corrected chi connectivity index (χ3v) is 4.83. The second-order valence-corrected chi connectivity index (χ2v) is 6.46. The Balaban J connectivity index is 1.90. The molecular weight excluding hydrogens is 378 g/mol. The fourth-order valence-electron chi connectivity index (χ4n) is 3.22. The number of rotatable bonds is 6. The van der Waals surface area contributed by atoms with E-state index in [9.17, 15) is 14.9 Å². The zero-order valence-corrected chi connectivity index (χ0v) is 16.6. The zero-order valence-electron chi connectivity index (χ0n) is 16.6. The molecule has 0 bridgehead atoms. The number of methoxy groups -OCH3 is 2. The molecule has 3 rings (SSSR count). The molecule has 0 N–H and O–H groups in total. The van der Waals surface area contributed by atoms with Crippen molar-refractivity contribution in [2.75, 3.05) is 57.4 Å². The number of hydrogen-bond donors (Lipinski definition) is 0. The standard InChI is InChI=1S/C20H23N3O6/c1-21(15-5-7-18(27-2)19(13-15)28-3)20(24)14-4-6-16(17(12-14)23(25)26)22-8-10-29-11-9-22/h4-7,12-13H,8-11H2,1-3H3. The van der Waals surface area contributed by atoms with Crippen LogP contribution in [0.15, 0.2) is 36.4 Å². The average molecular weight is 401 g/mol. The Hall–Kier alpha value is -3.33. The molecule has 2 aromatic rings. The van der Waals surface area contributed by atoms with Gasteiger partial charge in [-0.2, -0.15) is 0 Å². The highest BCUT2D eigenvalue weighted by molar-refractivity contribution is 6.06. The summed E-state index contributed by atoms with van der Waals surface area (Å²) < 4.78 is 15.8. The van der Waals surface area contributed by atoms with Crippen LogP contribution in [0.2, 0.25) is 0 Å². The fourth-order valence-corrected chi connectivity index (χ4v) is 3.22. The number of anilines is 2. The Labute approximate surface area is 168 Å². The van der Waals surface area contributed by atoms with Gasteiger partial charge in [0.15, 0.2) is 11.5 Å². The van der Waals surface area contributed by atoms with Gasteiger partial charge in [0.1, 0.15) is 5.69 Å². The van der Waals surface area contributed by atoms with Crippen LogP contribution in [0.5, 0.6) is 11.5 Å². The Kier molecular flexibility index (Phi) is 6.18. The highest BCUT2D eigenvalue weighted by Crippen LogP contribution is 2.33. The summed E-state index contributed by atoms with van der Waals surface area (Å²) in [6.45, 7) is 2.17. The number of hydrogen-bond acceptors (Lipinski definition) is 7. The number of carbonyl (C=O) groups excluding carboxylic acids is 1. The molecule has 1 aliphatic rings. The molecule has 9 heteroatoms. The van der Waals surface area contributed by atoms with Crippen LogP contribution < -0.4 is 19.3 Å². The van der Waals surface area contributed by atoms with Crippen LogP contribution in [-0.2, 0) is 4.74 Å². The second kappa shape index (κ2) is 8.78. The van der Waals surface area contributed by atoms with Crippen LogP contribution in [0.25, 0.3) is 0 Å². The lowest BCUT2D eigenvalue weighted by Gasteiger charge is -2.28. The quantitative estimate of drug-likeness (QED) is 0.543. The van der Waals surface area contributed by atoms with E-state index in [-0.39, 0.29) is 17.2 Å². The van der Waals surface area contributed by atoms with Gasteiger partial charge in [0.25, 0.3) is 11.6 Å². The number of amides is 1. The van der Waals surface area contributed by atoms with Gasteiger partial charge in [-0.25, -0.2) is 0 Å². The summed E-state index contributed by atoms with van der Waals surface area (Å²) in [7, 11) is 4.64. The number of nitrogens with zero attached hydrogens (tertiary/aromatic N) is 3. The van der Waals surface area contributed by atoms with Crippen molar-refractivity contribution in [2.45, 2.75) is 0 Å². The average Bonchev–Trinajstić information content (AvgIpc) is 2.77. The van der Waals surface area contributed by atoms with Crippen LogP contribution in [0.4, 0.5) is 17.1 Å². The SMILES string of the molecule is COc1ccc(N(C)C(=O)c2ccc(N3CCOCC3)c([N+](=O)[O-])c2)cc1OC. The Morgan fingerprint density at radius 3 is 2.41 bits per heavy atom. The van der Waals surface area contributed by atoms with E-state index in [2.05, 4.69) is 0 Å². The molecule has 9 nitrogen and oxygen atoms in total. The third kappa shape index (κ3) is 4.24. The van der Waals surface area contributed by atoms with Crippen LogP contribution >= 0.6 is 0 Å². The number of benzene rings is 2. The molecule has 0 unspecified atom stereocenters. The van der Waals surface area contributed by atoms with Crippen molar-refractivity contribution in [1.82, 2.24) is 0 Å². The number of carbonyl (C=O) groups is 1. The molecule has 0 radical (unpaired) electrons. The van der Waals surface area contributed by atoms with E-state index in [0.717, 1.165) is 0 Å². The lowest BCUT2D eigenvalue weighted by atomic mass is 10.1. The molecule has 0 aliphatic carbocycles. The van der Waals surface area contributed by atoms with Gasteiger partial charge in [-0.1, -0.05) is 0 Å². The molecule has 0 saturated carbocycles. The minimum Gasteiger partial charge on any atom is -0.493 e. The Morgan fingerprint density at radius 1 is 1.10 bits per heavy atom. The topological polar surface area (TPSA) is 94.4 Å². The molecular formula is C20H23N3O6. The lowest BCUT2D eigenvalue weighted by molar-refractivity contribution is -0.384. The molecule has 1 saturated heterocycles. The number of morpholine rings is 1. The normalized spacial score (nSPS) is 13.7. The summed E-state index contributed by atoms with van der Waals surface area (Å²) in [5.41, 5.74) is 1.20. The first-order chi connectivity index (χ1) is 14.0. The van der Waals surface area contributed by atoms with Crippen molar-refractivity contribution in [3.05, 3.63) is 52.1 Å². The van der Waals surface area contributed by atoms with Gasteiger partial charge < -0.3 is 24.0 Å². The first-order valence-corrected chi connectivity index (χ1v) is 9.07. The van der Waals surface area contributed by atoms with E-state index in [0.29, 0.717) is 49.2 Å². The molecule has 29 heavy (non-hydrogen) atoms. The Morgan fingerprint density at radius 2 is 1.79 bits per heavy atom. The minimum absolute atomic E-state index is 0.0986. The van der Waals surface area contributed by atoms with E-state index in [1.165, 1.54) is 25.2 Å². The summed E-state index contributed by atoms with van der Waals surface area (Å²) >= 11 is 0. The number of nitro groups is 1. The van der Waals surface area contributed by atoms with Gasteiger partial charge in [0.2, 0.25) is 0 Å². The van der Waals surface area contributed by atoms with Crippen LogP contribution in [0.1, 0.15) is 10.4 Å². The number of ether oxygens (including phenoxy) is 3. The van der Waals surface area contributed by atoms with Crippen molar-refractivity contribution in [3.8, 4) is 11.5 Å². The predicted molar refractivity (Wildman–Crippen MR) is 108 cm³/mol. The molecule has 1 fully saturated rings. The van der Waals surface area contributed by atoms with Crippen LogP contribution in [0.3, 0.4) is 0 Å². The maximum Gasteiger partial charge on any atom is 0.293 e. The van der Waals surface area contributed by atoms with Crippen molar-refractivity contribution >= 4 is 23.0 Å². The molecule has 1 amide bonds. The van der Waals surface area contributed by atoms with Crippen molar-refractivity contribution in [2.24, 2.45) is 0 Å². The monoisotopic (exact) mass is 401 g/mol. The first-order valence-electron chi connectivity index (χ1n) is 9.07. The van der Waals surface area contributed by atoms with E-state index < -0.39 is 4.92 Å². The molecule has 0 aromatic heterocycles. The maximum absolute atomic E-state index is 13.0.